The van der Waals surface area contributed by atoms with Crippen LogP contribution < -0.4 is 5.32 Å². The van der Waals surface area contributed by atoms with Gasteiger partial charge in [0, 0.05) is 18.0 Å². The molecule has 0 aliphatic carbocycles. The largest absolute Gasteiger partial charge is 0.326 e. The number of carbonyl (C=O) groups is 1. The Balaban J connectivity index is 1.97. The van der Waals surface area contributed by atoms with Crippen molar-refractivity contribution < 1.29 is 9.18 Å². The van der Waals surface area contributed by atoms with Crippen molar-refractivity contribution in [1.29, 1.82) is 0 Å². The third kappa shape index (κ3) is 2.06. The predicted octanol–water partition coefficient (Wildman–Crippen LogP) is 4.45. The van der Waals surface area contributed by atoms with Crippen LogP contribution in [0.4, 0.5) is 10.1 Å². The van der Waals surface area contributed by atoms with Crippen LogP contribution in [0.2, 0.25) is 0 Å². The van der Waals surface area contributed by atoms with Crippen LogP contribution in [0.5, 0.6) is 0 Å². The summed E-state index contributed by atoms with van der Waals surface area (Å²) in [6.45, 7) is 0. The topological polar surface area (TPSA) is 29.1 Å². The van der Waals surface area contributed by atoms with Gasteiger partial charge < -0.3 is 5.32 Å². The summed E-state index contributed by atoms with van der Waals surface area (Å²) in [7, 11) is 0. The van der Waals surface area contributed by atoms with Crippen molar-refractivity contribution in [3.63, 3.8) is 0 Å². The molecule has 0 bridgehead atoms. The smallest absolute Gasteiger partial charge is 0.225 e. The summed E-state index contributed by atoms with van der Waals surface area (Å²) in [5, 5.41) is 5.23. The second-order valence-electron chi connectivity index (χ2n) is 5.60. The number of nitrogens with one attached hydrogen (secondary N) is 1. The molecule has 1 atom stereocenters. The molecule has 1 amide bonds. The van der Waals surface area contributed by atoms with E-state index in [4.69, 9.17) is 0 Å². The first kappa shape index (κ1) is 13.0. The van der Waals surface area contributed by atoms with Crippen LogP contribution in [0.25, 0.3) is 10.8 Å². The summed E-state index contributed by atoms with van der Waals surface area (Å²) >= 11 is 0. The zero-order valence-corrected chi connectivity index (χ0v) is 11.8. The first-order valence-corrected chi connectivity index (χ1v) is 7.29. The molecule has 0 saturated heterocycles. The molecule has 1 heterocycles. The highest BCUT2D eigenvalue weighted by Crippen LogP contribution is 2.41. The van der Waals surface area contributed by atoms with E-state index in [2.05, 4.69) is 17.4 Å². The summed E-state index contributed by atoms with van der Waals surface area (Å²) in [6, 6.07) is 18.5. The Morgan fingerprint density at radius 2 is 1.73 bits per heavy atom. The lowest BCUT2D eigenvalue weighted by Gasteiger charge is -2.27. The van der Waals surface area contributed by atoms with Gasteiger partial charge in [0.25, 0.3) is 0 Å². The molecule has 0 spiro atoms. The van der Waals surface area contributed by atoms with Gasteiger partial charge in [0.1, 0.15) is 5.82 Å². The molecular formula is C19H14FNO. The number of anilines is 1. The van der Waals surface area contributed by atoms with Crippen LogP contribution in [0.15, 0.2) is 60.7 Å². The van der Waals surface area contributed by atoms with Gasteiger partial charge in [-0.15, -0.1) is 0 Å². The SMILES string of the molecule is O=C1C[C@@H](c2ccc(F)cc2)c2c(ccc3ccccc23)N1. The van der Waals surface area contributed by atoms with E-state index in [1.165, 1.54) is 12.1 Å². The Morgan fingerprint density at radius 1 is 0.955 bits per heavy atom. The second kappa shape index (κ2) is 4.95. The molecule has 3 aromatic carbocycles. The molecule has 0 radical (unpaired) electrons. The number of benzene rings is 3. The van der Waals surface area contributed by atoms with Crippen LogP contribution in [-0.2, 0) is 4.79 Å². The van der Waals surface area contributed by atoms with Crippen LogP contribution in [0.3, 0.4) is 0 Å². The molecule has 108 valence electrons. The predicted molar refractivity (Wildman–Crippen MR) is 85.4 cm³/mol. The Kier molecular flexibility index (Phi) is 2.93. The van der Waals surface area contributed by atoms with Crippen LogP contribution >= 0.6 is 0 Å². The van der Waals surface area contributed by atoms with E-state index >= 15 is 0 Å². The number of hydrogen-bond donors (Lipinski definition) is 1. The number of fused-ring (bicyclic) bond motifs is 3. The van der Waals surface area contributed by atoms with Gasteiger partial charge in [0.05, 0.1) is 0 Å². The molecule has 3 aromatic rings. The maximum absolute atomic E-state index is 13.2. The van der Waals surface area contributed by atoms with Crippen molar-refractivity contribution in [3.05, 3.63) is 77.6 Å². The third-order valence-electron chi connectivity index (χ3n) is 4.26. The first-order valence-electron chi connectivity index (χ1n) is 7.29. The Labute approximate surface area is 127 Å². The molecule has 0 aromatic heterocycles. The standard InChI is InChI=1S/C19H14FNO/c20-14-8-5-13(6-9-14)16-11-18(22)21-17-10-7-12-3-1-2-4-15(12)19(16)17/h1-10,16H,11H2,(H,21,22)/t16-/m0/s1. The first-order chi connectivity index (χ1) is 10.7. The van der Waals surface area contributed by atoms with Crippen molar-refractivity contribution in [2.75, 3.05) is 5.32 Å². The Hall–Kier alpha value is -2.68. The lowest BCUT2D eigenvalue weighted by Crippen LogP contribution is -2.23. The molecule has 3 heteroatoms. The Bertz CT molecular complexity index is 870. The average molecular weight is 291 g/mol. The zero-order valence-electron chi connectivity index (χ0n) is 11.8. The van der Waals surface area contributed by atoms with Gasteiger partial charge in [-0.25, -0.2) is 4.39 Å². The maximum atomic E-state index is 13.2. The second-order valence-corrected chi connectivity index (χ2v) is 5.60. The summed E-state index contributed by atoms with van der Waals surface area (Å²) in [5.74, 6) is -0.310. The number of carbonyl (C=O) groups excluding carboxylic acids is 1. The minimum absolute atomic E-state index is 0.00268. The van der Waals surface area contributed by atoms with Gasteiger partial charge >= 0.3 is 0 Å². The van der Waals surface area contributed by atoms with Gasteiger partial charge in [-0.3, -0.25) is 4.79 Å². The number of halogens is 1. The molecular weight excluding hydrogens is 277 g/mol. The molecule has 0 unspecified atom stereocenters. The minimum Gasteiger partial charge on any atom is -0.326 e. The minimum atomic E-state index is -0.262. The lowest BCUT2D eigenvalue weighted by atomic mass is 9.82. The fourth-order valence-corrected chi connectivity index (χ4v) is 3.25. The maximum Gasteiger partial charge on any atom is 0.225 e. The van der Waals surface area contributed by atoms with Crippen LogP contribution in [0, 0.1) is 5.82 Å². The fraction of sp³-hybridized carbons (Fsp3) is 0.105. The monoisotopic (exact) mass is 291 g/mol. The van der Waals surface area contributed by atoms with Gasteiger partial charge in [-0.1, -0.05) is 42.5 Å². The van der Waals surface area contributed by atoms with E-state index in [-0.39, 0.29) is 17.6 Å². The van der Waals surface area contributed by atoms with E-state index in [1.807, 2.05) is 24.3 Å². The lowest BCUT2D eigenvalue weighted by molar-refractivity contribution is -0.116. The molecule has 0 saturated carbocycles. The molecule has 1 aliphatic rings. The van der Waals surface area contributed by atoms with Crippen molar-refractivity contribution in [2.24, 2.45) is 0 Å². The van der Waals surface area contributed by atoms with Gasteiger partial charge in [-0.2, -0.15) is 0 Å². The summed E-state index contributed by atoms with van der Waals surface area (Å²) in [6.07, 6.45) is 0.382. The third-order valence-corrected chi connectivity index (χ3v) is 4.26. The summed E-state index contributed by atoms with van der Waals surface area (Å²) in [4.78, 5) is 12.0. The normalized spacial score (nSPS) is 17.1. The van der Waals surface area contributed by atoms with E-state index < -0.39 is 0 Å². The number of hydrogen-bond acceptors (Lipinski definition) is 1. The summed E-state index contributed by atoms with van der Waals surface area (Å²) in [5.41, 5.74) is 2.93. The van der Waals surface area contributed by atoms with Crippen molar-refractivity contribution in [1.82, 2.24) is 0 Å². The molecule has 22 heavy (non-hydrogen) atoms. The molecule has 1 aliphatic heterocycles. The van der Waals surface area contributed by atoms with Crippen molar-refractivity contribution in [2.45, 2.75) is 12.3 Å². The average Bonchev–Trinajstić information content (AvgIpc) is 2.54. The number of rotatable bonds is 1. The van der Waals surface area contributed by atoms with Gasteiger partial charge in [-0.05, 0) is 40.1 Å². The van der Waals surface area contributed by atoms with E-state index in [9.17, 15) is 9.18 Å². The number of amides is 1. The highest BCUT2D eigenvalue weighted by Gasteiger charge is 2.28. The summed E-state index contributed by atoms with van der Waals surface area (Å²) < 4.78 is 13.2. The van der Waals surface area contributed by atoms with Crippen LogP contribution in [-0.4, -0.2) is 5.91 Å². The molecule has 0 fully saturated rings. The van der Waals surface area contributed by atoms with Gasteiger partial charge in [0.2, 0.25) is 5.91 Å². The highest BCUT2D eigenvalue weighted by atomic mass is 19.1. The van der Waals surface area contributed by atoms with Crippen LogP contribution in [0.1, 0.15) is 23.5 Å². The van der Waals surface area contributed by atoms with Crippen molar-refractivity contribution >= 4 is 22.4 Å². The highest BCUT2D eigenvalue weighted by molar-refractivity contribution is 6.01. The quantitative estimate of drug-likeness (QED) is 0.705. The molecule has 2 nitrogen and oxygen atoms in total. The molecule has 4 rings (SSSR count). The Morgan fingerprint density at radius 3 is 2.55 bits per heavy atom. The zero-order chi connectivity index (χ0) is 15.1. The van der Waals surface area contributed by atoms with E-state index in [0.29, 0.717) is 6.42 Å². The van der Waals surface area contributed by atoms with Gasteiger partial charge in [0.15, 0.2) is 0 Å². The van der Waals surface area contributed by atoms with E-state index in [0.717, 1.165) is 27.6 Å². The molecule has 1 N–H and O–H groups in total. The van der Waals surface area contributed by atoms with Crippen molar-refractivity contribution in [3.8, 4) is 0 Å². The fourth-order valence-electron chi connectivity index (χ4n) is 3.25. The van der Waals surface area contributed by atoms with E-state index in [1.54, 1.807) is 12.1 Å².